The lowest BCUT2D eigenvalue weighted by molar-refractivity contribution is 1.18. The minimum atomic E-state index is 0.416. The molecule has 0 fully saturated rings. The molecule has 3 nitrogen and oxygen atoms in total. The molecular weight excluding hydrogens is 186 g/mol. The van der Waals surface area contributed by atoms with Crippen molar-refractivity contribution in [3.05, 3.63) is 60.6 Å². The Balaban J connectivity index is 2.33. The maximum Gasteiger partial charge on any atom is 0.141 e. The highest BCUT2D eigenvalue weighted by atomic mass is 14.9. The minimum absolute atomic E-state index is 0.416. The third kappa shape index (κ3) is 2.02. The van der Waals surface area contributed by atoms with Crippen LogP contribution in [-0.4, -0.2) is 9.97 Å². The molecule has 74 valence electrons. The van der Waals surface area contributed by atoms with Gasteiger partial charge in [0.2, 0.25) is 0 Å². The first kappa shape index (κ1) is 9.40. The molecule has 2 N–H and O–H groups in total. The van der Waals surface area contributed by atoms with Crippen molar-refractivity contribution in [3.63, 3.8) is 0 Å². The molecule has 15 heavy (non-hydrogen) atoms. The van der Waals surface area contributed by atoms with Crippen LogP contribution in [0.25, 0.3) is 5.57 Å². The average molecular weight is 197 g/mol. The van der Waals surface area contributed by atoms with Crippen molar-refractivity contribution < 1.29 is 0 Å². The highest BCUT2D eigenvalue weighted by Gasteiger charge is 2.02. The van der Waals surface area contributed by atoms with E-state index in [1.165, 1.54) is 6.20 Å². The van der Waals surface area contributed by atoms with Gasteiger partial charge in [-0.1, -0.05) is 36.9 Å². The quantitative estimate of drug-likeness (QED) is 0.802. The Morgan fingerprint density at radius 1 is 1.07 bits per heavy atom. The molecule has 2 aromatic rings. The lowest BCUT2D eigenvalue weighted by Gasteiger charge is -2.04. The maximum atomic E-state index is 5.46. The molecule has 0 aliphatic heterocycles. The number of rotatable bonds is 2. The number of hydrogen-bond acceptors (Lipinski definition) is 3. The minimum Gasteiger partial charge on any atom is -0.382 e. The van der Waals surface area contributed by atoms with E-state index in [1.807, 2.05) is 30.3 Å². The fourth-order valence-corrected chi connectivity index (χ4v) is 1.28. The summed E-state index contributed by atoms with van der Waals surface area (Å²) in [6.45, 7) is 3.98. The van der Waals surface area contributed by atoms with Crippen LogP contribution in [0.4, 0.5) is 5.82 Å². The number of nitrogens with zero attached hydrogens (tertiary/aromatic N) is 2. The van der Waals surface area contributed by atoms with Gasteiger partial charge in [-0.3, -0.25) is 4.98 Å². The highest BCUT2D eigenvalue weighted by Crippen LogP contribution is 2.18. The van der Waals surface area contributed by atoms with Gasteiger partial charge in [-0.2, -0.15) is 0 Å². The second-order valence-corrected chi connectivity index (χ2v) is 3.17. The van der Waals surface area contributed by atoms with E-state index < -0.39 is 0 Å². The molecule has 1 heterocycles. The first-order chi connectivity index (χ1) is 7.27. The fourth-order valence-electron chi connectivity index (χ4n) is 1.28. The number of nitrogen functional groups attached to an aromatic ring is 1. The van der Waals surface area contributed by atoms with Crippen molar-refractivity contribution in [2.24, 2.45) is 0 Å². The van der Waals surface area contributed by atoms with Gasteiger partial charge in [0.05, 0.1) is 18.1 Å². The van der Waals surface area contributed by atoms with Gasteiger partial charge in [-0.15, -0.1) is 0 Å². The topological polar surface area (TPSA) is 51.8 Å². The molecule has 2 rings (SSSR count). The van der Waals surface area contributed by atoms with E-state index in [2.05, 4.69) is 16.5 Å². The van der Waals surface area contributed by atoms with Crippen LogP contribution in [0.3, 0.4) is 0 Å². The lowest BCUT2D eigenvalue weighted by Crippen LogP contribution is -1.95. The number of anilines is 1. The monoisotopic (exact) mass is 197 g/mol. The Hall–Kier alpha value is -2.16. The van der Waals surface area contributed by atoms with Gasteiger partial charge in [0.25, 0.3) is 0 Å². The van der Waals surface area contributed by atoms with Crippen molar-refractivity contribution in [1.82, 2.24) is 9.97 Å². The molecule has 0 amide bonds. The Morgan fingerprint density at radius 3 is 2.40 bits per heavy atom. The van der Waals surface area contributed by atoms with Crippen molar-refractivity contribution in [1.29, 1.82) is 0 Å². The predicted molar refractivity (Wildman–Crippen MR) is 61.0 cm³/mol. The summed E-state index contributed by atoms with van der Waals surface area (Å²) in [6, 6.07) is 9.86. The predicted octanol–water partition coefficient (Wildman–Crippen LogP) is 2.12. The van der Waals surface area contributed by atoms with Crippen LogP contribution >= 0.6 is 0 Å². The Bertz CT molecular complexity index is 460. The van der Waals surface area contributed by atoms with Crippen molar-refractivity contribution in [2.75, 3.05) is 5.73 Å². The van der Waals surface area contributed by atoms with E-state index in [0.717, 1.165) is 16.8 Å². The Labute approximate surface area is 88.3 Å². The summed E-state index contributed by atoms with van der Waals surface area (Å²) in [6.07, 6.45) is 3.16. The van der Waals surface area contributed by atoms with Crippen LogP contribution in [0.2, 0.25) is 0 Å². The summed E-state index contributed by atoms with van der Waals surface area (Å²) in [7, 11) is 0. The molecule has 0 spiro atoms. The molecule has 0 unspecified atom stereocenters. The summed E-state index contributed by atoms with van der Waals surface area (Å²) in [5.74, 6) is 0.416. The SMILES string of the molecule is C=C(c1ccccc1)c1cnc(N)cn1. The lowest BCUT2D eigenvalue weighted by atomic mass is 10.1. The van der Waals surface area contributed by atoms with Crippen LogP contribution in [0.5, 0.6) is 0 Å². The van der Waals surface area contributed by atoms with Gasteiger partial charge in [-0.25, -0.2) is 4.98 Å². The van der Waals surface area contributed by atoms with E-state index in [0.29, 0.717) is 5.82 Å². The molecule has 1 aromatic carbocycles. The molecule has 0 aliphatic carbocycles. The maximum absolute atomic E-state index is 5.46. The van der Waals surface area contributed by atoms with Gasteiger partial charge in [0.1, 0.15) is 5.82 Å². The number of hydrogen-bond donors (Lipinski definition) is 1. The summed E-state index contributed by atoms with van der Waals surface area (Å²) in [5.41, 5.74) is 8.10. The van der Waals surface area contributed by atoms with Crippen LogP contribution in [0, 0.1) is 0 Å². The van der Waals surface area contributed by atoms with Crippen LogP contribution in [-0.2, 0) is 0 Å². The summed E-state index contributed by atoms with van der Waals surface area (Å²) in [4.78, 5) is 8.15. The molecule has 0 saturated heterocycles. The normalized spacial score (nSPS) is 9.87. The van der Waals surface area contributed by atoms with Crippen LogP contribution in [0.1, 0.15) is 11.3 Å². The average Bonchev–Trinajstić information content (AvgIpc) is 2.30. The van der Waals surface area contributed by atoms with Crippen LogP contribution < -0.4 is 5.73 Å². The second kappa shape index (κ2) is 3.92. The largest absolute Gasteiger partial charge is 0.382 e. The van der Waals surface area contributed by atoms with Crippen molar-refractivity contribution in [2.45, 2.75) is 0 Å². The van der Waals surface area contributed by atoms with Crippen molar-refractivity contribution in [3.8, 4) is 0 Å². The number of aromatic nitrogens is 2. The molecule has 1 aromatic heterocycles. The van der Waals surface area contributed by atoms with E-state index in [-0.39, 0.29) is 0 Å². The zero-order chi connectivity index (χ0) is 10.7. The Kier molecular flexibility index (Phi) is 2.46. The molecule has 3 heteroatoms. The van der Waals surface area contributed by atoms with Crippen LogP contribution in [0.15, 0.2) is 49.3 Å². The van der Waals surface area contributed by atoms with Gasteiger partial charge in [-0.05, 0) is 5.56 Å². The van der Waals surface area contributed by atoms with E-state index in [1.54, 1.807) is 6.20 Å². The highest BCUT2D eigenvalue weighted by molar-refractivity contribution is 5.75. The number of nitrogens with two attached hydrogens (primary N) is 1. The fraction of sp³-hybridized carbons (Fsp3) is 0. The smallest absolute Gasteiger partial charge is 0.141 e. The molecule has 0 atom stereocenters. The standard InChI is InChI=1S/C12H11N3/c1-9(10-5-3-2-4-6-10)11-7-15-12(13)8-14-11/h2-8H,1H2,(H2,13,15). The first-order valence-corrected chi connectivity index (χ1v) is 4.59. The molecular formula is C12H11N3. The van der Waals surface area contributed by atoms with Gasteiger partial charge in [0, 0.05) is 5.57 Å². The zero-order valence-corrected chi connectivity index (χ0v) is 8.22. The number of benzene rings is 1. The molecule has 0 bridgehead atoms. The van der Waals surface area contributed by atoms with Gasteiger partial charge >= 0.3 is 0 Å². The van der Waals surface area contributed by atoms with Gasteiger partial charge < -0.3 is 5.73 Å². The van der Waals surface area contributed by atoms with E-state index in [9.17, 15) is 0 Å². The third-order valence-corrected chi connectivity index (χ3v) is 2.10. The molecule has 0 radical (unpaired) electrons. The third-order valence-electron chi connectivity index (χ3n) is 2.10. The summed E-state index contributed by atoms with van der Waals surface area (Å²) in [5, 5.41) is 0. The van der Waals surface area contributed by atoms with E-state index >= 15 is 0 Å². The Morgan fingerprint density at radius 2 is 1.80 bits per heavy atom. The molecule has 0 saturated carbocycles. The second-order valence-electron chi connectivity index (χ2n) is 3.17. The van der Waals surface area contributed by atoms with Gasteiger partial charge in [0.15, 0.2) is 0 Å². The first-order valence-electron chi connectivity index (χ1n) is 4.59. The summed E-state index contributed by atoms with van der Waals surface area (Å²) >= 11 is 0. The zero-order valence-electron chi connectivity index (χ0n) is 8.22. The molecule has 0 aliphatic rings. The van der Waals surface area contributed by atoms with E-state index in [4.69, 9.17) is 5.73 Å². The van der Waals surface area contributed by atoms with Crippen molar-refractivity contribution >= 4 is 11.4 Å². The summed E-state index contributed by atoms with van der Waals surface area (Å²) < 4.78 is 0.